The van der Waals surface area contributed by atoms with Crippen LogP contribution in [-0.4, -0.2) is 24.7 Å². The van der Waals surface area contributed by atoms with Crippen LogP contribution in [0.3, 0.4) is 0 Å². The number of hydrogen-bond acceptors (Lipinski definition) is 4. The second-order valence-corrected chi connectivity index (χ2v) is 3.61. The van der Waals surface area contributed by atoms with Gasteiger partial charge in [-0.1, -0.05) is 23.2 Å². The van der Waals surface area contributed by atoms with E-state index < -0.39 is 0 Å². The molecule has 15 heavy (non-hydrogen) atoms. The van der Waals surface area contributed by atoms with Crippen LogP contribution >= 0.6 is 23.2 Å². The molecule has 7 heteroatoms. The number of aromatic nitrogens is 5. The smallest absolute Gasteiger partial charge is 0.137 e. The van der Waals surface area contributed by atoms with Crippen molar-refractivity contribution in [3.05, 3.63) is 34.9 Å². The highest BCUT2D eigenvalue weighted by molar-refractivity contribution is 6.33. The third-order valence-electron chi connectivity index (χ3n) is 1.74. The lowest BCUT2D eigenvalue weighted by atomic mass is 10.4. The molecule has 2 heterocycles. The fraction of sp³-hybridized carbons (Fsp3) is 0.250. The molecule has 0 atom stereocenters. The Kier molecular flexibility index (Phi) is 3.13. The van der Waals surface area contributed by atoms with Crippen molar-refractivity contribution in [2.75, 3.05) is 0 Å². The van der Waals surface area contributed by atoms with E-state index in [1.54, 1.807) is 11.0 Å². The monoisotopic (exact) mass is 243 g/mol. The van der Waals surface area contributed by atoms with E-state index >= 15 is 0 Å². The van der Waals surface area contributed by atoms with Gasteiger partial charge in [-0.3, -0.25) is 4.68 Å². The Balaban J connectivity index is 2.05. The minimum atomic E-state index is 0.351. The highest BCUT2D eigenvalue weighted by atomic mass is 35.5. The van der Waals surface area contributed by atoms with Gasteiger partial charge in [0.15, 0.2) is 0 Å². The van der Waals surface area contributed by atoms with Crippen LogP contribution in [0.25, 0.3) is 0 Å². The topological polar surface area (TPSA) is 56.5 Å². The molecule has 0 aliphatic carbocycles. The molecule has 0 saturated carbocycles. The Bertz CT molecular complexity index is 422. The minimum absolute atomic E-state index is 0.351. The van der Waals surface area contributed by atoms with Crippen molar-refractivity contribution in [2.24, 2.45) is 0 Å². The summed E-state index contributed by atoms with van der Waals surface area (Å²) in [7, 11) is 0. The molecule has 0 aromatic carbocycles. The number of hydrogen-bond donors (Lipinski definition) is 0. The van der Waals surface area contributed by atoms with Gasteiger partial charge in [0.2, 0.25) is 0 Å². The van der Waals surface area contributed by atoms with Gasteiger partial charge in [-0.05, 0) is 0 Å². The molecular formula is C8H7Cl2N5. The zero-order chi connectivity index (χ0) is 10.7. The predicted octanol–water partition coefficient (Wildman–Crippen LogP) is 1.62. The molecule has 0 spiro atoms. The van der Waals surface area contributed by atoms with Crippen molar-refractivity contribution in [3.63, 3.8) is 0 Å². The summed E-state index contributed by atoms with van der Waals surface area (Å²) in [5, 5.41) is 4.66. The quantitative estimate of drug-likeness (QED) is 0.770. The van der Waals surface area contributed by atoms with E-state index in [1.165, 1.54) is 12.4 Å². The van der Waals surface area contributed by atoms with Gasteiger partial charge in [-0.25, -0.2) is 15.0 Å². The van der Waals surface area contributed by atoms with Crippen LogP contribution in [0.15, 0.2) is 18.7 Å². The van der Waals surface area contributed by atoms with E-state index in [2.05, 4.69) is 20.1 Å². The molecule has 5 nitrogen and oxygen atoms in total. The first-order valence-electron chi connectivity index (χ1n) is 4.25. The Labute approximate surface area is 96.1 Å². The molecule has 0 fully saturated rings. The fourth-order valence-electron chi connectivity index (χ4n) is 1.11. The van der Waals surface area contributed by atoms with Crippen LogP contribution in [0.2, 0.25) is 10.3 Å². The maximum Gasteiger partial charge on any atom is 0.137 e. The molecule has 0 bridgehead atoms. The first-order chi connectivity index (χ1) is 7.24. The summed E-state index contributed by atoms with van der Waals surface area (Å²) in [5.74, 6) is 0.600. The molecule has 2 rings (SSSR count). The second-order valence-electron chi connectivity index (χ2n) is 2.84. The van der Waals surface area contributed by atoms with Crippen molar-refractivity contribution in [1.29, 1.82) is 0 Å². The summed E-state index contributed by atoms with van der Waals surface area (Å²) in [5.41, 5.74) is 0. The summed E-state index contributed by atoms with van der Waals surface area (Å²) in [6.07, 6.45) is 3.72. The van der Waals surface area contributed by atoms with Gasteiger partial charge in [-0.15, -0.1) is 0 Å². The Morgan fingerprint density at radius 1 is 1.20 bits per heavy atom. The average molecular weight is 244 g/mol. The molecule has 2 aromatic rings. The van der Waals surface area contributed by atoms with Crippen molar-refractivity contribution < 1.29 is 0 Å². The Morgan fingerprint density at radius 2 is 1.93 bits per heavy atom. The van der Waals surface area contributed by atoms with E-state index in [9.17, 15) is 0 Å². The molecular weight excluding hydrogens is 237 g/mol. The van der Waals surface area contributed by atoms with Crippen molar-refractivity contribution in [2.45, 2.75) is 13.0 Å². The summed E-state index contributed by atoms with van der Waals surface area (Å²) in [6, 6.07) is 1.50. The lowest BCUT2D eigenvalue weighted by molar-refractivity contribution is 0.598. The van der Waals surface area contributed by atoms with Gasteiger partial charge < -0.3 is 0 Å². The van der Waals surface area contributed by atoms with Gasteiger partial charge in [0.05, 0.1) is 0 Å². The number of aryl methyl sites for hydroxylation is 2. The molecule has 0 aliphatic heterocycles. The van der Waals surface area contributed by atoms with Crippen LogP contribution in [0.1, 0.15) is 5.82 Å². The van der Waals surface area contributed by atoms with E-state index in [4.69, 9.17) is 23.2 Å². The van der Waals surface area contributed by atoms with Gasteiger partial charge in [0.1, 0.15) is 28.8 Å². The van der Waals surface area contributed by atoms with Crippen LogP contribution in [-0.2, 0) is 13.0 Å². The van der Waals surface area contributed by atoms with Crippen LogP contribution < -0.4 is 0 Å². The summed E-state index contributed by atoms with van der Waals surface area (Å²) in [6.45, 7) is 0.649. The molecule has 0 radical (unpaired) electrons. The van der Waals surface area contributed by atoms with E-state index in [1.807, 2.05) is 0 Å². The zero-order valence-corrected chi connectivity index (χ0v) is 9.15. The molecule has 0 aliphatic rings. The molecule has 2 aromatic heterocycles. The lowest BCUT2D eigenvalue weighted by Gasteiger charge is -2.01. The molecule has 78 valence electrons. The summed E-state index contributed by atoms with van der Waals surface area (Å²) < 4.78 is 1.69. The maximum atomic E-state index is 5.74. The maximum absolute atomic E-state index is 5.74. The van der Waals surface area contributed by atoms with Crippen LogP contribution in [0.5, 0.6) is 0 Å². The molecule has 0 unspecified atom stereocenters. The highest BCUT2D eigenvalue weighted by Crippen LogP contribution is 2.11. The van der Waals surface area contributed by atoms with Gasteiger partial charge in [0.25, 0.3) is 0 Å². The predicted molar refractivity (Wildman–Crippen MR) is 55.8 cm³/mol. The standard InChI is InChI=1S/C8H7Cl2N5/c9-6-3-7(10)14-8(13-6)1-2-15-5-11-4-12-15/h3-5H,1-2H2. The number of nitrogens with zero attached hydrogens (tertiary/aromatic N) is 5. The van der Waals surface area contributed by atoms with Crippen molar-refractivity contribution >= 4 is 23.2 Å². The number of halogens is 2. The lowest BCUT2D eigenvalue weighted by Crippen LogP contribution is -2.05. The van der Waals surface area contributed by atoms with Crippen molar-refractivity contribution in [1.82, 2.24) is 24.7 Å². The third-order valence-corrected chi connectivity index (χ3v) is 2.13. The number of rotatable bonds is 3. The first-order valence-corrected chi connectivity index (χ1v) is 5.01. The van der Waals surface area contributed by atoms with Gasteiger partial charge in [0, 0.05) is 19.0 Å². The SMILES string of the molecule is Clc1cc(Cl)nc(CCn2cncn2)n1. The Morgan fingerprint density at radius 3 is 2.53 bits per heavy atom. The Hall–Kier alpha value is -1.20. The molecule has 0 amide bonds. The van der Waals surface area contributed by atoms with E-state index in [0.717, 1.165) is 0 Å². The highest BCUT2D eigenvalue weighted by Gasteiger charge is 2.02. The van der Waals surface area contributed by atoms with E-state index in [0.29, 0.717) is 29.1 Å². The fourth-order valence-corrected chi connectivity index (χ4v) is 1.57. The minimum Gasteiger partial charge on any atom is -0.253 e. The first kappa shape index (κ1) is 10.3. The van der Waals surface area contributed by atoms with Gasteiger partial charge in [-0.2, -0.15) is 5.10 Å². The summed E-state index contributed by atoms with van der Waals surface area (Å²) in [4.78, 5) is 11.9. The van der Waals surface area contributed by atoms with Gasteiger partial charge >= 0.3 is 0 Å². The zero-order valence-electron chi connectivity index (χ0n) is 7.64. The average Bonchev–Trinajstić information content (AvgIpc) is 2.65. The van der Waals surface area contributed by atoms with Crippen molar-refractivity contribution in [3.8, 4) is 0 Å². The molecule has 0 N–H and O–H groups in total. The van der Waals surface area contributed by atoms with Crippen LogP contribution in [0, 0.1) is 0 Å². The third kappa shape index (κ3) is 2.87. The normalized spacial score (nSPS) is 10.5. The van der Waals surface area contributed by atoms with Crippen LogP contribution in [0.4, 0.5) is 0 Å². The second kappa shape index (κ2) is 4.55. The largest absolute Gasteiger partial charge is 0.253 e. The van der Waals surface area contributed by atoms with E-state index in [-0.39, 0.29) is 0 Å². The molecule has 0 saturated heterocycles. The summed E-state index contributed by atoms with van der Waals surface area (Å²) >= 11 is 11.5.